The van der Waals surface area contributed by atoms with E-state index in [-0.39, 0.29) is 12.4 Å². The quantitative estimate of drug-likeness (QED) is 0.750. The highest BCUT2D eigenvalue weighted by Gasteiger charge is 2.46. The van der Waals surface area contributed by atoms with Crippen LogP contribution in [0.2, 0.25) is 0 Å². The molecule has 1 aliphatic heterocycles. The van der Waals surface area contributed by atoms with Crippen molar-refractivity contribution >= 4 is 23.2 Å². The van der Waals surface area contributed by atoms with Crippen LogP contribution in [-0.2, 0) is 9.53 Å². The SMILES string of the molecule is COC(=O)C1C(C)=NC2=C(C(=O)c3ccccc32)[C@@H]1c1ccccc1OCC#N. The van der Waals surface area contributed by atoms with E-state index in [1.54, 1.807) is 25.1 Å². The van der Waals surface area contributed by atoms with Gasteiger partial charge in [0.15, 0.2) is 12.4 Å². The van der Waals surface area contributed by atoms with Crippen LogP contribution in [0.4, 0.5) is 0 Å². The van der Waals surface area contributed by atoms with Crippen LogP contribution < -0.4 is 4.74 Å². The number of benzene rings is 2. The Morgan fingerprint density at radius 3 is 2.55 bits per heavy atom. The Balaban J connectivity index is 1.95. The Kier molecular flexibility index (Phi) is 4.73. The Morgan fingerprint density at radius 2 is 1.83 bits per heavy atom. The molecule has 0 fully saturated rings. The van der Waals surface area contributed by atoms with E-state index in [1.807, 2.05) is 36.4 Å². The second kappa shape index (κ2) is 7.36. The van der Waals surface area contributed by atoms with E-state index in [2.05, 4.69) is 4.99 Å². The number of esters is 1. The number of ketones is 1. The Morgan fingerprint density at radius 1 is 1.14 bits per heavy atom. The number of para-hydroxylation sites is 1. The molecule has 2 aromatic carbocycles. The van der Waals surface area contributed by atoms with Crippen LogP contribution in [0.1, 0.15) is 34.3 Å². The number of nitrogens with zero attached hydrogens (tertiary/aromatic N) is 2. The maximum atomic E-state index is 13.3. The van der Waals surface area contributed by atoms with Crippen molar-refractivity contribution in [2.24, 2.45) is 10.9 Å². The predicted molar refractivity (Wildman–Crippen MR) is 107 cm³/mol. The van der Waals surface area contributed by atoms with Crippen molar-refractivity contribution in [3.05, 3.63) is 70.8 Å². The lowest BCUT2D eigenvalue weighted by Crippen LogP contribution is -2.34. The standard InChI is InChI=1S/C23H18N2O4/c1-13-18(23(27)28-2)19(16-9-5-6-10-17(16)29-12-11-24)20-21(25-13)14-7-3-4-8-15(14)22(20)26/h3-10,18-19H,12H2,1-2H3/t18?,19-/m1/s1. The number of Topliss-reactive ketones (excluding diaryl/α,β-unsaturated/α-hetero) is 1. The van der Waals surface area contributed by atoms with Gasteiger partial charge < -0.3 is 9.47 Å². The fourth-order valence-electron chi connectivity index (χ4n) is 4.10. The first-order valence-corrected chi connectivity index (χ1v) is 9.18. The minimum atomic E-state index is -0.760. The number of ether oxygens (including phenoxy) is 2. The Hall–Kier alpha value is -3.72. The van der Waals surface area contributed by atoms with E-state index >= 15 is 0 Å². The van der Waals surface area contributed by atoms with Crippen molar-refractivity contribution in [3.63, 3.8) is 0 Å². The monoisotopic (exact) mass is 386 g/mol. The van der Waals surface area contributed by atoms with Crippen LogP contribution in [0.5, 0.6) is 5.75 Å². The molecule has 0 spiro atoms. The summed E-state index contributed by atoms with van der Waals surface area (Å²) in [7, 11) is 1.32. The Labute approximate surface area is 168 Å². The molecule has 1 heterocycles. The zero-order valence-corrected chi connectivity index (χ0v) is 16.0. The number of fused-ring (bicyclic) bond motifs is 2. The molecule has 144 valence electrons. The van der Waals surface area contributed by atoms with Crippen molar-refractivity contribution in [3.8, 4) is 11.8 Å². The average molecular weight is 386 g/mol. The lowest BCUT2D eigenvalue weighted by atomic mass is 9.75. The summed E-state index contributed by atoms with van der Waals surface area (Å²) < 4.78 is 10.7. The molecule has 0 saturated heterocycles. The number of hydrogen-bond donors (Lipinski definition) is 0. The number of nitriles is 1. The molecule has 6 heteroatoms. The lowest BCUT2D eigenvalue weighted by molar-refractivity contribution is -0.143. The lowest BCUT2D eigenvalue weighted by Gasteiger charge is -2.31. The summed E-state index contributed by atoms with van der Waals surface area (Å²) in [6.45, 7) is 1.63. The van der Waals surface area contributed by atoms with Crippen LogP contribution >= 0.6 is 0 Å². The molecule has 1 aliphatic carbocycles. The van der Waals surface area contributed by atoms with Gasteiger partial charge in [-0.3, -0.25) is 14.6 Å². The van der Waals surface area contributed by atoms with Crippen molar-refractivity contribution in [1.82, 2.24) is 0 Å². The molecule has 2 aliphatic rings. The van der Waals surface area contributed by atoms with Crippen molar-refractivity contribution in [1.29, 1.82) is 5.26 Å². The second-order valence-corrected chi connectivity index (χ2v) is 6.85. The third-order valence-electron chi connectivity index (χ3n) is 5.31. The summed E-state index contributed by atoms with van der Waals surface area (Å²) in [6, 6.07) is 16.4. The summed E-state index contributed by atoms with van der Waals surface area (Å²) in [5.74, 6) is -1.55. The number of methoxy groups -OCH3 is 1. The third-order valence-corrected chi connectivity index (χ3v) is 5.31. The Bertz CT molecular complexity index is 1120. The molecule has 0 saturated carbocycles. The molecule has 2 aromatic rings. The minimum absolute atomic E-state index is 0.139. The molecule has 0 amide bonds. The van der Waals surface area contributed by atoms with Crippen LogP contribution in [-0.4, -0.2) is 31.2 Å². The van der Waals surface area contributed by atoms with Crippen LogP contribution in [0.3, 0.4) is 0 Å². The number of carbonyl (C=O) groups is 2. The molecule has 6 nitrogen and oxygen atoms in total. The molecular formula is C23H18N2O4. The van der Waals surface area contributed by atoms with E-state index in [9.17, 15) is 9.59 Å². The van der Waals surface area contributed by atoms with Gasteiger partial charge in [0.1, 0.15) is 17.7 Å². The van der Waals surface area contributed by atoms with Gasteiger partial charge in [0.25, 0.3) is 0 Å². The molecule has 0 radical (unpaired) electrons. The third kappa shape index (κ3) is 2.92. The van der Waals surface area contributed by atoms with Gasteiger partial charge in [-0.1, -0.05) is 42.5 Å². The van der Waals surface area contributed by atoms with Gasteiger partial charge in [-0.2, -0.15) is 5.26 Å². The number of aliphatic imine (C=N–C) groups is 1. The number of hydrogen-bond acceptors (Lipinski definition) is 6. The van der Waals surface area contributed by atoms with Crippen LogP contribution in [0.15, 0.2) is 59.1 Å². The van der Waals surface area contributed by atoms with E-state index < -0.39 is 17.8 Å². The molecule has 0 aromatic heterocycles. The first kappa shape index (κ1) is 18.6. The zero-order chi connectivity index (χ0) is 20.5. The first-order valence-electron chi connectivity index (χ1n) is 9.18. The van der Waals surface area contributed by atoms with Gasteiger partial charge >= 0.3 is 5.97 Å². The largest absolute Gasteiger partial charge is 0.478 e. The van der Waals surface area contributed by atoms with Crippen molar-refractivity contribution in [2.75, 3.05) is 13.7 Å². The number of rotatable bonds is 4. The molecular weight excluding hydrogens is 368 g/mol. The summed E-state index contributed by atoms with van der Waals surface area (Å²) in [5, 5.41) is 8.93. The number of allylic oxidation sites excluding steroid dienone is 1. The van der Waals surface area contributed by atoms with Crippen LogP contribution in [0.25, 0.3) is 5.70 Å². The molecule has 29 heavy (non-hydrogen) atoms. The molecule has 0 bridgehead atoms. The maximum Gasteiger partial charge on any atom is 0.315 e. The van der Waals surface area contributed by atoms with Crippen molar-refractivity contribution < 1.29 is 19.1 Å². The molecule has 2 atom stereocenters. The fraction of sp³-hybridized carbons (Fsp3) is 0.217. The van der Waals surface area contributed by atoms with E-state index in [4.69, 9.17) is 14.7 Å². The summed E-state index contributed by atoms with van der Waals surface area (Å²) >= 11 is 0. The highest BCUT2D eigenvalue weighted by molar-refractivity contribution is 6.24. The smallest absolute Gasteiger partial charge is 0.315 e. The molecule has 1 unspecified atom stereocenters. The first-order chi connectivity index (χ1) is 14.1. The van der Waals surface area contributed by atoms with Gasteiger partial charge in [-0.05, 0) is 13.0 Å². The second-order valence-electron chi connectivity index (χ2n) is 6.85. The predicted octanol–water partition coefficient (Wildman–Crippen LogP) is 3.54. The number of carbonyl (C=O) groups excluding carboxylic acids is 2. The van der Waals surface area contributed by atoms with Gasteiger partial charge in [0.2, 0.25) is 0 Å². The fourth-order valence-corrected chi connectivity index (χ4v) is 4.10. The van der Waals surface area contributed by atoms with Crippen molar-refractivity contribution in [2.45, 2.75) is 12.8 Å². The summed E-state index contributed by atoms with van der Waals surface area (Å²) in [4.78, 5) is 30.7. The zero-order valence-electron chi connectivity index (χ0n) is 16.0. The summed E-state index contributed by atoms with van der Waals surface area (Å²) in [5.41, 5.74) is 3.60. The highest BCUT2D eigenvalue weighted by atomic mass is 16.5. The van der Waals surface area contributed by atoms with Crippen LogP contribution in [0, 0.1) is 17.2 Å². The van der Waals surface area contributed by atoms with Gasteiger partial charge in [-0.15, -0.1) is 0 Å². The average Bonchev–Trinajstić information content (AvgIpc) is 3.03. The van der Waals surface area contributed by atoms with E-state index in [0.29, 0.717) is 33.9 Å². The normalized spacial score (nSPS) is 19.8. The maximum absolute atomic E-state index is 13.3. The van der Waals surface area contributed by atoms with Gasteiger partial charge in [-0.25, -0.2) is 0 Å². The van der Waals surface area contributed by atoms with E-state index in [0.717, 1.165) is 5.56 Å². The van der Waals surface area contributed by atoms with Gasteiger partial charge in [0.05, 0.1) is 12.8 Å². The van der Waals surface area contributed by atoms with E-state index in [1.165, 1.54) is 7.11 Å². The highest BCUT2D eigenvalue weighted by Crippen LogP contribution is 2.49. The molecule has 4 rings (SSSR count). The summed E-state index contributed by atoms with van der Waals surface area (Å²) in [6.07, 6.45) is 0. The molecule has 0 N–H and O–H groups in total. The topological polar surface area (TPSA) is 88.8 Å². The van der Waals surface area contributed by atoms with Gasteiger partial charge in [0, 0.05) is 33.9 Å². The minimum Gasteiger partial charge on any atom is -0.478 e.